The molecule has 0 saturated carbocycles. The van der Waals surface area contributed by atoms with E-state index >= 15 is 0 Å². The molecule has 128 valence electrons. The summed E-state index contributed by atoms with van der Waals surface area (Å²) >= 11 is 0. The predicted octanol–water partition coefficient (Wildman–Crippen LogP) is 4.17. The molecule has 3 heterocycles. The van der Waals surface area contributed by atoms with Crippen LogP contribution in [0.4, 0.5) is 10.2 Å². The summed E-state index contributed by atoms with van der Waals surface area (Å²) in [5.41, 5.74) is 1.48. The van der Waals surface area contributed by atoms with Gasteiger partial charge in [0.2, 0.25) is 5.82 Å². The van der Waals surface area contributed by atoms with Gasteiger partial charge in [0.05, 0.1) is 5.56 Å². The second-order valence-corrected chi connectivity index (χ2v) is 6.50. The lowest BCUT2D eigenvalue weighted by Crippen LogP contribution is -2.33. The second-order valence-electron chi connectivity index (χ2n) is 6.50. The maximum absolute atomic E-state index is 13.0. The number of hydrogen-bond donors (Lipinski definition) is 0. The summed E-state index contributed by atoms with van der Waals surface area (Å²) in [5, 5.41) is 3.97. The second kappa shape index (κ2) is 6.63. The Morgan fingerprint density at radius 3 is 2.44 bits per heavy atom. The van der Waals surface area contributed by atoms with Crippen molar-refractivity contribution in [3.05, 3.63) is 48.4 Å². The fourth-order valence-corrected chi connectivity index (χ4v) is 2.99. The molecular formula is C19H19FN4O. The molecule has 0 aliphatic carbocycles. The van der Waals surface area contributed by atoms with Crippen LogP contribution in [0.3, 0.4) is 0 Å². The van der Waals surface area contributed by atoms with Gasteiger partial charge in [-0.2, -0.15) is 4.98 Å². The molecule has 4 rings (SSSR count). The Labute approximate surface area is 145 Å². The van der Waals surface area contributed by atoms with Crippen LogP contribution >= 0.6 is 0 Å². The highest BCUT2D eigenvalue weighted by Crippen LogP contribution is 2.25. The molecule has 1 aliphatic rings. The first-order chi connectivity index (χ1) is 12.2. The molecular weight excluding hydrogens is 319 g/mol. The molecule has 0 radical (unpaired) electrons. The first kappa shape index (κ1) is 15.7. The van der Waals surface area contributed by atoms with Gasteiger partial charge in [-0.3, -0.25) is 0 Å². The zero-order chi connectivity index (χ0) is 17.2. The van der Waals surface area contributed by atoms with Crippen LogP contribution < -0.4 is 4.90 Å². The summed E-state index contributed by atoms with van der Waals surface area (Å²) in [6, 6.07) is 9.95. The molecule has 1 aliphatic heterocycles. The minimum absolute atomic E-state index is 0.292. The molecule has 0 bridgehead atoms. The van der Waals surface area contributed by atoms with E-state index in [9.17, 15) is 4.39 Å². The van der Waals surface area contributed by atoms with E-state index in [2.05, 4.69) is 26.9 Å². The van der Waals surface area contributed by atoms with Gasteiger partial charge >= 0.3 is 0 Å². The fourth-order valence-electron chi connectivity index (χ4n) is 2.99. The zero-order valence-electron chi connectivity index (χ0n) is 14.0. The van der Waals surface area contributed by atoms with Crippen LogP contribution in [0.5, 0.6) is 0 Å². The van der Waals surface area contributed by atoms with Gasteiger partial charge in [0.15, 0.2) is 0 Å². The number of halogens is 1. The van der Waals surface area contributed by atoms with Crippen LogP contribution in [0, 0.1) is 11.7 Å². The monoisotopic (exact) mass is 338 g/mol. The van der Waals surface area contributed by atoms with Crippen LogP contribution in [0.15, 0.2) is 47.1 Å². The smallest absolute Gasteiger partial charge is 0.259 e. The SMILES string of the molecule is CC1CCN(c2ccc(-c3nc(-c4ccc(F)cc4)no3)cn2)CC1. The maximum atomic E-state index is 13.0. The Hall–Kier alpha value is -2.76. The number of pyridine rings is 1. The van der Waals surface area contributed by atoms with Crippen LogP contribution in [0.1, 0.15) is 19.8 Å². The largest absolute Gasteiger partial charge is 0.357 e. The summed E-state index contributed by atoms with van der Waals surface area (Å²) < 4.78 is 18.3. The normalized spacial score (nSPS) is 15.5. The van der Waals surface area contributed by atoms with Crippen LogP contribution in [0.2, 0.25) is 0 Å². The molecule has 0 atom stereocenters. The van der Waals surface area contributed by atoms with Crippen LogP contribution in [0.25, 0.3) is 22.8 Å². The Morgan fingerprint density at radius 1 is 1.04 bits per heavy atom. The van der Waals surface area contributed by atoms with E-state index in [0.29, 0.717) is 17.3 Å². The van der Waals surface area contributed by atoms with Crippen molar-refractivity contribution in [3.63, 3.8) is 0 Å². The summed E-state index contributed by atoms with van der Waals surface area (Å²) in [5.74, 6) is 2.32. The lowest BCUT2D eigenvalue weighted by molar-refractivity contribution is 0.431. The summed E-state index contributed by atoms with van der Waals surface area (Å²) in [6.07, 6.45) is 4.16. The van der Waals surface area contributed by atoms with E-state index in [4.69, 9.17) is 4.52 Å². The molecule has 0 unspecified atom stereocenters. The van der Waals surface area contributed by atoms with Gasteiger partial charge in [0.25, 0.3) is 5.89 Å². The van der Waals surface area contributed by atoms with Gasteiger partial charge in [0.1, 0.15) is 11.6 Å². The summed E-state index contributed by atoms with van der Waals surface area (Å²) in [6.45, 7) is 4.38. The number of anilines is 1. The molecule has 25 heavy (non-hydrogen) atoms. The van der Waals surface area contributed by atoms with E-state index in [1.807, 2.05) is 12.1 Å². The molecule has 1 fully saturated rings. The average molecular weight is 338 g/mol. The third-order valence-corrected chi connectivity index (χ3v) is 4.63. The van der Waals surface area contributed by atoms with Gasteiger partial charge in [-0.15, -0.1) is 0 Å². The minimum atomic E-state index is -0.292. The van der Waals surface area contributed by atoms with Crippen molar-refractivity contribution in [2.75, 3.05) is 18.0 Å². The van der Waals surface area contributed by atoms with Crippen molar-refractivity contribution in [1.82, 2.24) is 15.1 Å². The number of benzene rings is 1. The molecule has 0 amide bonds. The van der Waals surface area contributed by atoms with E-state index < -0.39 is 0 Å². The molecule has 1 aromatic carbocycles. The first-order valence-corrected chi connectivity index (χ1v) is 8.50. The summed E-state index contributed by atoms with van der Waals surface area (Å²) in [7, 11) is 0. The van der Waals surface area contributed by atoms with E-state index in [-0.39, 0.29) is 5.82 Å². The quantitative estimate of drug-likeness (QED) is 0.717. The predicted molar refractivity (Wildman–Crippen MR) is 93.5 cm³/mol. The molecule has 0 spiro atoms. The van der Waals surface area contributed by atoms with E-state index in [1.54, 1.807) is 18.3 Å². The van der Waals surface area contributed by atoms with Crippen molar-refractivity contribution >= 4 is 5.82 Å². The van der Waals surface area contributed by atoms with E-state index in [1.165, 1.54) is 25.0 Å². The molecule has 3 aromatic rings. The van der Waals surface area contributed by atoms with Gasteiger partial charge in [-0.25, -0.2) is 9.37 Å². The van der Waals surface area contributed by atoms with Gasteiger partial charge in [0, 0.05) is 24.8 Å². The van der Waals surface area contributed by atoms with Crippen LogP contribution in [-0.2, 0) is 0 Å². The average Bonchev–Trinajstić information content (AvgIpc) is 3.13. The van der Waals surface area contributed by atoms with Crippen molar-refractivity contribution in [3.8, 4) is 22.8 Å². The lowest BCUT2D eigenvalue weighted by atomic mass is 9.99. The lowest BCUT2D eigenvalue weighted by Gasteiger charge is -2.31. The minimum Gasteiger partial charge on any atom is -0.357 e. The molecule has 6 heteroatoms. The molecule has 1 saturated heterocycles. The van der Waals surface area contributed by atoms with Gasteiger partial charge in [-0.05, 0) is 55.2 Å². The standard InChI is InChI=1S/C19H19FN4O/c1-13-8-10-24(11-9-13)17-7-4-15(12-21-17)19-22-18(23-25-19)14-2-5-16(20)6-3-14/h2-7,12-13H,8-11H2,1H3. The van der Waals surface area contributed by atoms with Crippen molar-refractivity contribution in [1.29, 1.82) is 0 Å². The number of rotatable bonds is 3. The zero-order valence-corrected chi connectivity index (χ0v) is 14.0. The van der Waals surface area contributed by atoms with Gasteiger partial charge < -0.3 is 9.42 Å². The van der Waals surface area contributed by atoms with Crippen LogP contribution in [-0.4, -0.2) is 28.2 Å². The van der Waals surface area contributed by atoms with E-state index in [0.717, 1.165) is 30.4 Å². The Kier molecular flexibility index (Phi) is 4.17. The highest BCUT2D eigenvalue weighted by Gasteiger charge is 2.17. The molecule has 2 aromatic heterocycles. The number of nitrogens with zero attached hydrogens (tertiary/aromatic N) is 4. The van der Waals surface area contributed by atoms with Crippen molar-refractivity contribution in [2.24, 2.45) is 5.92 Å². The van der Waals surface area contributed by atoms with Crippen molar-refractivity contribution in [2.45, 2.75) is 19.8 Å². The molecule has 0 N–H and O–H groups in total. The third-order valence-electron chi connectivity index (χ3n) is 4.63. The number of hydrogen-bond acceptors (Lipinski definition) is 5. The Bertz CT molecular complexity index is 837. The Balaban J connectivity index is 1.51. The van der Waals surface area contributed by atoms with Gasteiger partial charge in [-0.1, -0.05) is 12.1 Å². The fraction of sp³-hybridized carbons (Fsp3) is 0.316. The highest BCUT2D eigenvalue weighted by atomic mass is 19.1. The first-order valence-electron chi connectivity index (χ1n) is 8.50. The summed E-state index contributed by atoms with van der Waals surface area (Å²) in [4.78, 5) is 11.2. The van der Waals surface area contributed by atoms with Crippen molar-refractivity contribution < 1.29 is 8.91 Å². The third kappa shape index (κ3) is 3.38. The molecule has 5 nitrogen and oxygen atoms in total. The Morgan fingerprint density at radius 2 is 1.76 bits per heavy atom. The number of aromatic nitrogens is 3. The maximum Gasteiger partial charge on any atom is 0.259 e. The number of piperidine rings is 1. The topological polar surface area (TPSA) is 55.1 Å². The highest BCUT2D eigenvalue weighted by molar-refractivity contribution is 5.60.